The lowest BCUT2D eigenvalue weighted by molar-refractivity contribution is 0.226. The van der Waals surface area contributed by atoms with Crippen LogP contribution in [0.2, 0.25) is 0 Å². The Kier molecular flexibility index (Phi) is 4.33. The van der Waals surface area contributed by atoms with Crippen LogP contribution < -0.4 is 16.6 Å². The number of aryl methyl sites for hydroxylation is 1. The van der Waals surface area contributed by atoms with Gasteiger partial charge in [-0.05, 0) is 32.9 Å². The van der Waals surface area contributed by atoms with Crippen molar-refractivity contribution in [3.05, 3.63) is 11.8 Å². The second-order valence-electron chi connectivity index (χ2n) is 4.74. The van der Waals surface area contributed by atoms with Crippen LogP contribution in [0.4, 0.5) is 11.8 Å². The summed E-state index contributed by atoms with van der Waals surface area (Å²) in [7, 11) is 0. The topological polar surface area (TPSA) is 79.1 Å². The molecule has 6 heteroatoms. The summed E-state index contributed by atoms with van der Waals surface area (Å²) in [5.74, 6) is 6.66. The van der Waals surface area contributed by atoms with E-state index in [1.54, 1.807) is 0 Å². The molecule has 1 unspecified atom stereocenters. The van der Waals surface area contributed by atoms with Crippen molar-refractivity contribution < 1.29 is 0 Å². The number of hydrazine groups is 1. The Bertz CT molecular complexity index is 394. The maximum atomic E-state index is 5.35. The molecule has 2 heterocycles. The molecule has 0 spiro atoms. The van der Waals surface area contributed by atoms with E-state index in [9.17, 15) is 0 Å². The minimum absolute atomic E-state index is 0.457. The summed E-state index contributed by atoms with van der Waals surface area (Å²) in [4.78, 5) is 11.0. The van der Waals surface area contributed by atoms with Gasteiger partial charge in [-0.1, -0.05) is 6.92 Å². The molecular formula is C12H22N6. The number of nitrogen functional groups attached to an aromatic ring is 1. The number of hydrogen-bond acceptors (Lipinski definition) is 6. The lowest BCUT2D eigenvalue weighted by Crippen LogP contribution is -2.42. The van der Waals surface area contributed by atoms with Crippen molar-refractivity contribution in [2.24, 2.45) is 5.84 Å². The van der Waals surface area contributed by atoms with Gasteiger partial charge in [0.15, 0.2) is 0 Å². The highest BCUT2D eigenvalue weighted by Crippen LogP contribution is 2.16. The average Bonchev–Trinajstić information content (AvgIpc) is 2.38. The second-order valence-corrected chi connectivity index (χ2v) is 4.74. The minimum atomic E-state index is 0.457. The Hall–Kier alpha value is -1.40. The smallest absolute Gasteiger partial charge is 0.239 e. The summed E-state index contributed by atoms with van der Waals surface area (Å²) in [6.07, 6.45) is 2.42. The Morgan fingerprint density at radius 1 is 1.50 bits per heavy atom. The van der Waals surface area contributed by atoms with Gasteiger partial charge in [0.1, 0.15) is 5.82 Å². The first-order chi connectivity index (χ1) is 8.71. The van der Waals surface area contributed by atoms with Crippen LogP contribution in [0.3, 0.4) is 0 Å². The number of piperidine rings is 1. The fraction of sp³-hybridized carbons (Fsp3) is 0.667. The van der Waals surface area contributed by atoms with Crippen molar-refractivity contribution in [3.63, 3.8) is 0 Å². The molecule has 0 bridgehead atoms. The average molecular weight is 250 g/mol. The molecule has 0 radical (unpaired) electrons. The van der Waals surface area contributed by atoms with E-state index in [0.717, 1.165) is 24.6 Å². The third-order valence-electron chi connectivity index (χ3n) is 3.29. The number of nitrogens with two attached hydrogens (primary N) is 1. The van der Waals surface area contributed by atoms with Crippen molar-refractivity contribution in [1.29, 1.82) is 0 Å². The van der Waals surface area contributed by atoms with Crippen molar-refractivity contribution in [2.75, 3.05) is 30.4 Å². The predicted molar refractivity (Wildman–Crippen MR) is 73.3 cm³/mol. The van der Waals surface area contributed by atoms with E-state index in [0.29, 0.717) is 12.0 Å². The fourth-order valence-corrected chi connectivity index (χ4v) is 2.38. The highest BCUT2D eigenvalue weighted by Gasteiger charge is 2.18. The Morgan fingerprint density at radius 3 is 3.06 bits per heavy atom. The monoisotopic (exact) mass is 250 g/mol. The normalized spacial score (nSPS) is 20.7. The van der Waals surface area contributed by atoms with Crippen LogP contribution in [-0.4, -0.2) is 40.5 Å². The Balaban J connectivity index is 2.02. The van der Waals surface area contributed by atoms with Gasteiger partial charge in [-0.25, -0.2) is 10.8 Å². The molecule has 18 heavy (non-hydrogen) atoms. The van der Waals surface area contributed by atoms with Crippen molar-refractivity contribution in [1.82, 2.24) is 14.9 Å². The molecule has 0 amide bonds. The van der Waals surface area contributed by atoms with Gasteiger partial charge in [-0.2, -0.15) is 4.98 Å². The van der Waals surface area contributed by atoms with E-state index in [2.05, 4.69) is 32.5 Å². The lowest BCUT2D eigenvalue weighted by Gasteiger charge is -2.32. The number of nitrogens with zero attached hydrogens (tertiary/aromatic N) is 3. The van der Waals surface area contributed by atoms with E-state index in [-0.39, 0.29) is 0 Å². The number of aromatic nitrogens is 2. The predicted octanol–water partition coefficient (Wildman–Crippen LogP) is 0.967. The number of nitrogens with one attached hydrogen (secondary N) is 2. The summed E-state index contributed by atoms with van der Waals surface area (Å²) in [6, 6.07) is 2.41. The number of hydrogen-bond donors (Lipinski definition) is 3. The summed E-state index contributed by atoms with van der Waals surface area (Å²) >= 11 is 0. The first-order valence-electron chi connectivity index (χ1n) is 6.52. The molecule has 100 valence electrons. The number of likely N-dealkylation sites (tertiary alicyclic amines) is 1. The van der Waals surface area contributed by atoms with E-state index in [1.807, 2.05) is 13.0 Å². The fourth-order valence-electron chi connectivity index (χ4n) is 2.38. The third-order valence-corrected chi connectivity index (χ3v) is 3.29. The van der Waals surface area contributed by atoms with Gasteiger partial charge >= 0.3 is 0 Å². The molecule has 0 aromatic carbocycles. The first kappa shape index (κ1) is 13.0. The van der Waals surface area contributed by atoms with E-state index in [4.69, 9.17) is 5.84 Å². The SMILES string of the molecule is CCN1CCCC(Nc2cc(C)nc(NN)n2)C1. The zero-order valence-corrected chi connectivity index (χ0v) is 11.1. The van der Waals surface area contributed by atoms with Crippen LogP contribution in [-0.2, 0) is 0 Å². The second kappa shape index (κ2) is 5.97. The van der Waals surface area contributed by atoms with Gasteiger partial charge in [0.05, 0.1) is 0 Å². The lowest BCUT2D eigenvalue weighted by atomic mass is 10.1. The summed E-state index contributed by atoms with van der Waals surface area (Å²) < 4.78 is 0. The molecule has 1 aliphatic rings. The quantitative estimate of drug-likeness (QED) is 0.546. The molecular weight excluding hydrogens is 228 g/mol. The standard InChI is InChI=1S/C12H22N6/c1-3-18-6-4-5-10(8-18)15-11-7-9(2)14-12(16-11)17-13/h7,10H,3-6,8,13H2,1-2H3,(H2,14,15,16,17). The summed E-state index contributed by atoms with van der Waals surface area (Å²) in [5.41, 5.74) is 3.40. The molecule has 1 aromatic rings. The molecule has 1 aliphatic heterocycles. The number of anilines is 2. The summed E-state index contributed by atoms with van der Waals surface area (Å²) in [6.45, 7) is 7.52. The zero-order chi connectivity index (χ0) is 13.0. The van der Waals surface area contributed by atoms with Crippen molar-refractivity contribution in [3.8, 4) is 0 Å². The molecule has 6 nitrogen and oxygen atoms in total. The van der Waals surface area contributed by atoms with Gasteiger partial charge in [0.25, 0.3) is 0 Å². The summed E-state index contributed by atoms with van der Waals surface area (Å²) in [5, 5.41) is 3.47. The largest absolute Gasteiger partial charge is 0.366 e. The molecule has 4 N–H and O–H groups in total. The van der Waals surface area contributed by atoms with Crippen LogP contribution >= 0.6 is 0 Å². The Labute approximate surface area is 108 Å². The highest BCUT2D eigenvalue weighted by molar-refractivity contribution is 5.42. The first-order valence-corrected chi connectivity index (χ1v) is 6.52. The van der Waals surface area contributed by atoms with Gasteiger partial charge in [-0.15, -0.1) is 0 Å². The van der Waals surface area contributed by atoms with Crippen molar-refractivity contribution >= 4 is 11.8 Å². The number of rotatable bonds is 4. The van der Waals surface area contributed by atoms with Crippen LogP contribution in [0.5, 0.6) is 0 Å². The van der Waals surface area contributed by atoms with Crippen LogP contribution in [0.15, 0.2) is 6.07 Å². The Morgan fingerprint density at radius 2 is 2.33 bits per heavy atom. The van der Waals surface area contributed by atoms with Crippen LogP contribution in [0, 0.1) is 6.92 Å². The molecule has 1 saturated heterocycles. The molecule has 1 atom stereocenters. The van der Waals surface area contributed by atoms with E-state index < -0.39 is 0 Å². The van der Waals surface area contributed by atoms with Crippen molar-refractivity contribution in [2.45, 2.75) is 32.7 Å². The van der Waals surface area contributed by atoms with E-state index in [1.165, 1.54) is 19.4 Å². The molecule has 0 saturated carbocycles. The zero-order valence-electron chi connectivity index (χ0n) is 11.1. The highest BCUT2D eigenvalue weighted by atomic mass is 15.3. The molecule has 1 aromatic heterocycles. The molecule has 2 rings (SSSR count). The van der Waals surface area contributed by atoms with Gasteiger partial charge in [0.2, 0.25) is 5.95 Å². The third kappa shape index (κ3) is 3.30. The van der Waals surface area contributed by atoms with Gasteiger partial charge < -0.3 is 10.2 Å². The van der Waals surface area contributed by atoms with Crippen LogP contribution in [0.1, 0.15) is 25.5 Å². The van der Waals surface area contributed by atoms with Crippen LogP contribution in [0.25, 0.3) is 0 Å². The van der Waals surface area contributed by atoms with Gasteiger partial charge in [-0.3, -0.25) is 5.43 Å². The maximum absolute atomic E-state index is 5.35. The molecule has 1 fully saturated rings. The number of likely N-dealkylation sites (N-methyl/N-ethyl adjacent to an activating group) is 1. The molecule has 0 aliphatic carbocycles. The van der Waals surface area contributed by atoms with E-state index >= 15 is 0 Å². The maximum Gasteiger partial charge on any atom is 0.239 e. The minimum Gasteiger partial charge on any atom is -0.366 e. The van der Waals surface area contributed by atoms with Gasteiger partial charge in [0, 0.05) is 24.3 Å².